The van der Waals surface area contributed by atoms with Crippen molar-refractivity contribution >= 4 is 22.3 Å². The van der Waals surface area contributed by atoms with Crippen LogP contribution in [0.3, 0.4) is 0 Å². The molecule has 1 atom stereocenters. The van der Waals surface area contributed by atoms with Crippen molar-refractivity contribution in [2.24, 2.45) is 0 Å². The third-order valence-electron chi connectivity index (χ3n) is 1.88. The van der Waals surface area contributed by atoms with Crippen LogP contribution in [0.4, 0.5) is 11.5 Å². The number of nitrogens with one attached hydrogen (secondary N) is 1. The third-order valence-corrected chi connectivity index (χ3v) is 2.66. The van der Waals surface area contributed by atoms with E-state index in [9.17, 15) is 14.3 Å². The standard InChI is InChI=1S/C9H13N3O3S/c1-7-5-8(12(13)14)9(11-6-7)10-3-4-16(2)15/h5-6H,3-4H2,1-2H3,(H,10,11). The highest BCUT2D eigenvalue weighted by atomic mass is 32.2. The second-order valence-corrected chi connectivity index (χ2v) is 4.90. The van der Waals surface area contributed by atoms with Crippen LogP contribution >= 0.6 is 0 Å². The molecule has 6 nitrogen and oxygen atoms in total. The Morgan fingerprint density at radius 1 is 1.62 bits per heavy atom. The molecule has 1 unspecified atom stereocenters. The maximum atomic E-state index is 10.8. The molecule has 0 fully saturated rings. The molecular formula is C9H13N3O3S. The Labute approximate surface area is 95.7 Å². The van der Waals surface area contributed by atoms with Crippen molar-refractivity contribution in [1.82, 2.24) is 4.98 Å². The summed E-state index contributed by atoms with van der Waals surface area (Å²) in [4.78, 5) is 14.2. The number of nitro groups is 1. The van der Waals surface area contributed by atoms with Crippen LogP contribution in [0.25, 0.3) is 0 Å². The normalized spacial score (nSPS) is 12.1. The lowest BCUT2D eigenvalue weighted by Crippen LogP contribution is -2.12. The number of rotatable bonds is 5. The van der Waals surface area contributed by atoms with Gasteiger partial charge in [0, 0.05) is 41.6 Å². The molecule has 0 aliphatic rings. The van der Waals surface area contributed by atoms with Crippen LogP contribution in [-0.4, -0.2) is 32.7 Å². The van der Waals surface area contributed by atoms with Gasteiger partial charge in [0.25, 0.3) is 0 Å². The molecule has 0 aliphatic carbocycles. The molecule has 0 aromatic carbocycles. The first-order chi connectivity index (χ1) is 7.50. The van der Waals surface area contributed by atoms with Gasteiger partial charge in [0.1, 0.15) is 0 Å². The largest absolute Gasteiger partial charge is 0.363 e. The van der Waals surface area contributed by atoms with E-state index in [4.69, 9.17) is 0 Å². The second-order valence-electron chi connectivity index (χ2n) is 3.34. The van der Waals surface area contributed by atoms with Crippen LogP contribution in [0.1, 0.15) is 5.56 Å². The predicted octanol–water partition coefficient (Wildman–Crippen LogP) is 1.09. The fraction of sp³-hybridized carbons (Fsp3) is 0.444. The third kappa shape index (κ3) is 3.58. The van der Waals surface area contributed by atoms with E-state index in [1.165, 1.54) is 6.07 Å². The summed E-state index contributed by atoms with van der Waals surface area (Å²) in [5.74, 6) is 0.660. The van der Waals surface area contributed by atoms with Gasteiger partial charge in [-0.15, -0.1) is 0 Å². The van der Waals surface area contributed by atoms with Gasteiger partial charge in [0.2, 0.25) is 5.82 Å². The highest BCUT2D eigenvalue weighted by Crippen LogP contribution is 2.21. The molecule has 88 valence electrons. The molecule has 0 radical (unpaired) electrons. The van der Waals surface area contributed by atoms with Crippen LogP contribution in [0, 0.1) is 17.0 Å². The monoisotopic (exact) mass is 243 g/mol. The van der Waals surface area contributed by atoms with E-state index in [1.54, 1.807) is 19.4 Å². The number of pyridine rings is 1. The SMILES string of the molecule is Cc1cnc(NCCS(C)=O)c([N+](=O)[O-])c1. The van der Waals surface area contributed by atoms with Crippen molar-refractivity contribution in [3.63, 3.8) is 0 Å². The zero-order valence-electron chi connectivity index (χ0n) is 9.10. The van der Waals surface area contributed by atoms with E-state index in [2.05, 4.69) is 10.3 Å². The lowest BCUT2D eigenvalue weighted by atomic mass is 10.3. The highest BCUT2D eigenvalue weighted by Gasteiger charge is 2.14. The molecule has 0 amide bonds. The molecule has 7 heteroatoms. The van der Waals surface area contributed by atoms with Gasteiger partial charge >= 0.3 is 5.69 Å². The zero-order chi connectivity index (χ0) is 12.1. The van der Waals surface area contributed by atoms with E-state index in [-0.39, 0.29) is 11.5 Å². The summed E-state index contributed by atoms with van der Waals surface area (Å²) >= 11 is 0. The molecule has 0 saturated carbocycles. The summed E-state index contributed by atoms with van der Waals surface area (Å²) in [5.41, 5.74) is 0.679. The maximum absolute atomic E-state index is 10.8. The van der Waals surface area contributed by atoms with Gasteiger partial charge in [-0.1, -0.05) is 0 Å². The number of anilines is 1. The first-order valence-electron chi connectivity index (χ1n) is 4.65. The van der Waals surface area contributed by atoms with Gasteiger partial charge in [0.05, 0.1) is 4.92 Å². The Kier molecular flexibility index (Phi) is 4.36. The van der Waals surface area contributed by atoms with Crippen molar-refractivity contribution in [2.75, 3.05) is 23.9 Å². The molecular weight excluding hydrogens is 230 g/mol. The lowest BCUT2D eigenvalue weighted by molar-refractivity contribution is -0.384. The molecule has 1 heterocycles. The Bertz CT molecular complexity index is 422. The van der Waals surface area contributed by atoms with Gasteiger partial charge < -0.3 is 5.32 Å². The number of aromatic nitrogens is 1. The van der Waals surface area contributed by atoms with Gasteiger partial charge in [-0.3, -0.25) is 14.3 Å². The molecule has 0 spiro atoms. The Morgan fingerprint density at radius 3 is 2.88 bits per heavy atom. The number of hydrogen-bond acceptors (Lipinski definition) is 5. The summed E-state index contributed by atoms with van der Waals surface area (Å²) < 4.78 is 10.8. The number of aryl methyl sites for hydroxylation is 1. The van der Waals surface area contributed by atoms with Crippen LogP contribution in [-0.2, 0) is 10.8 Å². The van der Waals surface area contributed by atoms with Crippen molar-refractivity contribution < 1.29 is 9.13 Å². The first kappa shape index (κ1) is 12.6. The highest BCUT2D eigenvalue weighted by molar-refractivity contribution is 7.84. The Morgan fingerprint density at radius 2 is 2.31 bits per heavy atom. The molecule has 1 rings (SSSR count). The first-order valence-corrected chi connectivity index (χ1v) is 6.38. The average molecular weight is 243 g/mol. The molecule has 1 aromatic heterocycles. The fourth-order valence-electron chi connectivity index (χ4n) is 1.14. The Hall–Kier alpha value is -1.50. The second kappa shape index (κ2) is 5.55. The molecule has 0 aliphatic heterocycles. The predicted molar refractivity (Wildman–Crippen MR) is 63.1 cm³/mol. The van der Waals surface area contributed by atoms with Crippen LogP contribution in [0.15, 0.2) is 12.3 Å². The Balaban J connectivity index is 2.78. The van der Waals surface area contributed by atoms with Crippen LogP contribution in [0.5, 0.6) is 0 Å². The van der Waals surface area contributed by atoms with Gasteiger partial charge in [0.15, 0.2) is 0 Å². The van der Waals surface area contributed by atoms with Crippen LogP contribution in [0.2, 0.25) is 0 Å². The van der Waals surface area contributed by atoms with E-state index in [0.717, 1.165) is 5.56 Å². The van der Waals surface area contributed by atoms with E-state index in [0.29, 0.717) is 12.3 Å². The fourth-order valence-corrected chi connectivity index (χ4v) is 1.53. The minimum absolute atomic E-state index is 0.0538. The quantitative estimate of drug-likeness (QED) is 0.618. The van der Waals surface area contributed by atoms with E-state index >= 15 is 0 Å². The smallest absolute Gasteiger partial charge is 0.311 e. The van der Waals surface area contributed by atoms with E-state index in [1.807, 2.05) is 0 Å². The average Bonchev–Trinajstić information content (AvgIpc) is 2.19. The van der Waals surface area contributed by atoms with E-state index < -0.39 is 15.7 Å². The molecule has 16 heavy (non-hydrogen) atoms. The zero-order valence-corrected chi connectivity index (χ0v) is 9.91. The number of hydrogen-bond donors (Lipinski definition) is 1. The minimum Gasteiger partial charge on any atom is -0.363 e. The topological polar surface area (TPSA) is 85.1 Å². The maximum Gasteiger partial charge on any atom is 0.311 e. The summed E-state index contributed by atoms with van der Waals surface area (Å²) in [5, 5.41) is 13.5. The molecule has 1 N–H and O–H groups in total. The molecule has 1 aromatic rings. The lowest BCUT2D eigenvalue weighted by Gasteiger charge is -2.05. The van der Waals surface area contributed by atoms with Gasteiger partial charge in [-0.2, -0.15) is 0 Å². The van der Waals surface area contributed by atoms with Crippen molar-refractivity contribution in [1.29, 1.82) is 0 Å². The van der Waals surface area contributed by atoms with Gasteiger partial charge in [-0.25, -0.2) is 4.98 Å². The summed E-state index contributed by atoms with van der Waals surface area (Å²) in [6, 6.07) is 1.46. The summed E-state index contributed by atoms with van der Waals surface area (Å²) in [6.07, 6.45) is 3.14. The number of nitrogens with zero attached hydrogens (tertiary/aromatic N) is 2. The summed E-state index contributed by atoms with van der Waals surface area (Å²) in [6.45, 7) is 2.14. The van der Waals surface area contributed by atoms with Crippen molar-refractivity contribution in [3.05, 3.63) is 27.9 Å². The molecule has 0 saturated heterocycles. The van der Waals surface area contributed by atoms with Gasteiger partial charge in [-0.05, 0) is 12.5 Å². The van der Waals surface area contributed by atoms with Crippen molar-refractivity contribution in [3.8, 4) is 0 Å². The van der Waals surface area contributed by atoms with Crippen molar-refractivity contribution in [2.45, 2.75) is 6.92 Å². The minimum atomic E-state index is -0.921. The molecule has 0 bridgehead atoms. The summed E-state index contributed by atoms with van der Waals surface area (Å²) in [7, 11) is -0.921. The van der Waals surface area contributed by atoms with Crippen LogP contribution < -0.4 is 5.32 Å².